The molecule has 0 aliphatic heterocycles. The Morgan fingerprint density at radius 1 is 1.42 bits per heavy atom. The van der Waals surface area contributed by atoms with Gasteiger partial charge in [-0.3, -0.25) is 4.79 Å². The Labute approximate surface area is 159 Å². The number of para-hydroxylation sites is 1. The second-order valence-electron chi connectivity index (χ2n) is 6.58. The van der Waals surface area contributed by atoms with Crippen LogP contribution in [0, 0.1) is 5.92 Å². The second kappa shape index (κ2) is 9.92. The molecule has 1 aliphatic carbocycles. The van der Waals surface area contributed by atoms with Gasteiger partial charge in [0, 0.05) is 17.6 Å². The minimum Gasteiger partial charge on any atom is -0.490 e. The van der Waals surface area contributed by atoms with Gasteiger partial charge in [-0.05, 0) is 32.8 Å². The summed E-state index contributed by atoms with van der Waals surface area (Å²) in [5, 5.41) is 2.81. The number of benzene rings is 1. The number of carbonyl (C=O) groups excluding carboxylic acids is 1. The van der Waals surface area contributed by atoms with E-state index in [0.717, 1.165) is 25.7 Å². The van der Waals surface area contributed by atoms with Gasteiger partial charge in [-0.25, -0.2) is 0 Å². The molecule has 1 fully saturated rings. The van der Waals surface area contributed by atoms with Gasteiger partial charge in [-0.15, -0.1) is 12.4 Å². The van der Waals surface area contributed by atoms with Gasteiger partial charge >= 0.3 is 6.61 Å². The molecule has 1 aromatic carbocycles. The van der Waals surface area contributed by atoms with Crippen molar-refractivity contribution in [2.24, 2.45) is 11.7 Å². The maximum atomic E-state index is 12.7. The maximum absolute atomic E-state index is 12.7. The fourth-order valence-electron chi connectivity index (χ4n) is 3.29. The molecule has 0 saturated heterocycles. The molecule has 0 aromatic heterocycles. The van der Waals surface area contributed by atoms with E-state index in [1.807, 2.05) is 6.92 Å². The van der Waals surface area contributed by atoms with E-state index in [4.69, 9.17) is 10.5 Å². The summed E-state index contributed by atoms with van der Waals surface area (Å²) in [5.41, 5.74) is 6.14. The van der Waals surface area contributed by atoms with Gasteiger partial charge in [-0.1, -0.05) is 25.0 Å². The first-order chi connectivity index (χ1) is 11.8. The van der Waals surface area contributed by atoms with E-state index in [1.54, 1.807) is 25.1 Å². The molecule has 0 spiro atoms. The Hall–Kier alpha value is -1.60. The van der Waals surface area contributed by atoms with E-state index >= 15 is 0 Å². The number of ether oxygens (including phenoxy) is 2. The molecule has 148 valence electrons. The minimum atomic E-state index is -2.97. The zero-order valence-corrected chi connectivity index (χ0v) is 15.9. The van der Waals surface area contributed by atoms with Crippen LogP contribution >= 0.6 is 12.4 Å². The van der Waals surface area contributed by atoms with Crippen molar-refractivity contribution in [2.75, 3.05) is 6.61 Å². The Balaban J connectivity index is 0.00000338. The molecule has 1 amide bonds. The number of alkyl halides is 2. The molecule has 26 heavy (non-hydrogen) atoms. The lowest BCUT2D eigenvalue weighted by molar-refractivity contribution is -0.128. The average Bonchev–Trinajstić information content (AvgIpc) is 2.54. The standard InChI is InChI=1S/C18H26F2N2O3.ClH/c1-3-24-14-9-6-7-12(15(14)25-17(19)20)11-22-16(23)13-8-4-5-10-18(13,2)21;/h6-7,9,13,17H,3-5,8,10-11,21H2,1-2H3,(H,22,23);1H. The third-order valence-corrected chi connectivity index (χ3v) is 4.59. The highest BCUT2D eigenvalue weighted by atomic mass is 35.5. The summed E-state index contributed by atoms with van der Waals surface area (Å²) in [6.07, 6.45) is 3.51. The van der Waals surface area contributed by atoms with Gasteiger partial charge in [0.15, 0.2) is 11.5 Å². The van der Waals surface area contributed by atoms with Gasteiger partial charge in [0.1, 0.15) is 0 Å². The van der Waals surface area contributed by atoms with E-state index in [0.29, 0.717) is 12.2 Å². The average molecular weight is 393 g/mol. The van der Waals surface area contributed by atoms with Crippen LogP contribution in [0.15, 0.2) is 18.2 Å². The van der Waals surface area contributed by atoms with E-state index in [9.17, 15) is 13.6 Å². The van der Waals surface area contributed by atoms with Crippen molar-refractivity contribution in [3.63, 3.8) is 0 Å². The summed E-state index contributed by atoms with van der Waals surface area (Å²) >= 11 is 0. The van der Waals surface area contributed by atoms with Crippen molar-refractivity contribution in [1.82, 2.24) is 5.32 Å². The summed E-state index contributed by atoms with van der Waals surface area (Å²) in [4.78, 5) is 12.5. The fraction of sp³-hybridized carbons (Fsp3) is 0.611. The van der Waals surface area contributed by atoms with Crippen LogP contribution < -0.4 is 20.5 Å². The molecule has 2 rings (SSSR count). The van der Waals surface area contributed by atoms with E-state index in [2.05, 4.69) is 10.1 Å². The third-order valence-electron chi connectivity index (χ3n) is 4.59. The summed E-state index contributed by atoms with van der Waals surface area (Å²) in [6.45, 7) is 1.07. The second-order valence-corrected chi connectivity index (χ2v) is 6.58. The lowest BCUT2D eigenvalue weighted by atomic mass is 9.74. The molecular weight excluding hydrogens is 366 g/mol. The highest BCUT2D eigenvalue weighted by Crippen LogP contribution is 2.34. The van der Waals surface area contributed by atoms with Crippen LogP contribution in [0.5, 0.6) is 11.5 Å². The summed E-state index contributed by atoms with van der Waals surface area (Å²) in [6, 6.07) is 4.87. The Kier molecular flexibility index (Phi) is 8.56. The van der Waals surface area contributed by atoms with E-state index in [-0.39, 0.29) is 42.3 Å². The third kappa shape index (κ3) is 5.71. The number of amides is 1. The quantitative estimate of drug-likeness (QED) is 0.743. The van der Waals surface area contributed by atoms with Gasteiger partial charge < -0.3 is 20.5 Å². The molecule has 8 heteroatoms. The first kappa shape index (κ1) is 22.4. The molecule has 2 unspecified atom stereocenters. The van der Waals surface area contributed by atoms with Crippen molar-refractivity contribution in [3.8, 4) is 11.5 Å². The highest BCUT2D eigenvalue weighted by molar-refractivity contribution is 5.85. The van der Waals surface area contributed by atoms with Crippen molar-refractivity contribution in [2.45, 2.75) is 58.2 Å². The molecule has 1 aromatic rings. The number of nitrogens with two attached hydrogens (primary N) is 1. The Morgan fingerprint density at radius 2 is 2.15 bits per heavy atom. The predicted octanol–water partition coefficient (Wildman–Crippen LogP) is 3.63. The number of hydrogen-bond acceptors (Lipinski definition) is 4. The van der Waals surface area contributed by atoms with Crippen LogP contribution in [0.2, 0.25) is 0 Å². The van der Waals surface area contributed by atoms with E-state index in [1.165, 1.54) is 0 Å². The lowest BCUT2D eigenvalue weighted by Gasteiger charge is -2.37. The molecule has 3 N–H and O–H groups in total. The van der Waals surface area contributed by atoms with Crippen LogP contribution in [-0.4, -0.2) is 24.7 Å². The Bertz CT molecular complexity index is 600. The smallest absolute Gasteiger partial charge is 0.387 e. The number of halogens is 3. The number of hydrogen-bond donors (Lipinski definition) is 2. The van der Waals surface area contributed by atoms with Gasteiger partial charge in [0.25, 0.3) is 0 Å². The van der Waals surface area contributed by atoms with Crippen molar-refractivity contribution >= 4 is 18.3 Å². The zero-order chi connectivity index (χ0) is 18.4. The first-order valence-electron chi connectivity index (χ1n) is 8.61. The van der Waals surface area contributed by atoms with Crippen LogP contribution in [0.25, 0.3) is 0 Å². The SMILES string of the molecule is CCOc1cccc(CNC(=O)C2CCCCC2(C)N)c1OC(F)F.Cl. The van der Waals surface area contributed by atoms with Crippen LogP contribution in [0.1, 0.15) is 45.1 Å². The first-order valence-corrected chi connectivity index (χ1v) is 8.61. The Morgan fingerprint density at radius 3 is 2.77 bits per heavy atom. The number of nitrogens with one attached hydrogen (secondary N) is 1. The van der Waals surface area contributed by atoms with Gasteiger partial charge in [0.05, 0.1) is 12.5 Å². The minimum absolute atomic E-state index is 0. The topological polar surface area (TPSA) is 73.6 Å². The highest BCUT2D eigenvalue weighted by Gasteiger charge is 2.37. The number of carbonyl (C=O) groups is 1. The van der Waals surface area contributed by atoms with Gasteiger partial charge in [0.2, 0.25) is 5.91 Å². The molecule has 0 radical (unpaired) electrons. The predicted molar refractivity (Wildman–Crippen MR) is 97.9 cm³/mol. The largest absolute Gasteiger partial charge is 0.490 e. The van der Waals surface area contributed by atoms with Crippen LogP contribution in [0.4, 0.5) is 8.78 Å². The molecule has 5 nitrogen and oxygen atoms in total. The summed E-state index contributed by atoms with van der Waals surface area (Å²) < 4.78 is 35.4. The monoisotopic (exact) mass is 392 g/mol. The normalized spacial score (nSPS) is 22.5. The molecular formula is C18H27ClF2N2O3. The van der Waals surface area contributed by atoms with Crippen molar-refractivity contribution in [3.05, 3.63) is 23.8 Å². The maximum Gasteiger partial charge on any atom is 0.387 e. The summed E-state index contributed by atoms with van der Waals surface area (Å²) in [5.74, 6) is -0.250. The molecule has 0 bridgehead atoms. The van der Waals surface area contributed by atoms with Crippen LogP contribution in [-0.2, 0) is 11.3 Å². The lowest BCUT2D eigenvalue weighted by Crippen LogP contribution is -2.52. The van der Waals surface area contributed by atoms with Crippen LogP contribution in [0.3, 0.4) is 0 Å². The molecule has 2 atom stereocenters. The fourth-order valence-corrected chi connectivity index (χ4v) is 3.29. The summed E-state index contributed by atoms with van der Waals surface area (Å²) in [7, 11) is 0. The number of rotatable bonds is 7. The molecule has 0 heterocycles. The molecule has 1 aliphatic rings. The van der Waals surface area contributed by atoms with Crippen molar-refractivity contribution in [1.29, 1.82) is 0 Å². The van der Waals surface area contributed by atoms with Gasteiger partial charge in [-0.2, -0.15) is 8.78 Å². The zero-order valence-electron chi connectivity index (χ0n) is 15.1. The van der Waals surface area contributed by atoms with E-state index < -0.39 is 12.2 Å². The molecule has 1 saturated carbocycles. The van der Waals surface area contributed by atoms with Crippen molar-refractivity contribution < 1.29 is 23.0 Å².